The van der Waals surface area contributed by atoms with E-state index in [2.05, 4.69) is 0 Å². The van der Waals surface area contributed by atoms with Crippen molar-refractivity contribution in [2.75, 3.05) is 13.1 Å². The Bertz CT molecular complexity index is 499. The lowest BCUT2D eigenvalue weighted by atomic mass is 9.82. The number of alkyl halides is 11. The van der Waals surface area contributed by atoms with E-state index < -0.39 is 54.2 Å². The zero-order chi connectivity index (χ0) is 18.6. The van der Waals surface area contributed by atoms with E-state index in [1.807, 2.05) is 0 Å². The molecule has 0 aromatic heterocycles. The number of allylic oxidation sites excluding steroid dienone is 2. The van der Waals surface area contributed by atoms with Crippen molar-refractivity contribution in [3.63, 3.8) is 0 Å². The highest BCUT2D eigenvalue weighted by Crippen LogP contribution is 2.64. The van der Waals surface area contributed by atoms with Crippen LogP contribution < -0.4 is 0 Å². The third-order valence-corrected chi connectivity index (χ3v) is 3.39. The number of rotatable bonds is 3. The van der Waals surface area contributed by atoms with Crippen molar-refractivity contribution in [2.24, 2.45) is 0 Å². The number of hydrogen-bond acceptors (Lipinski definition) is 1. The SMILES string of the molecule is CCN(CC)C1=C(C(F)(F)F)C(F)(F)C(F)(F)C(F)(F)C1(F)F. The summed E-state index contributed by atoms with van der Waals surface area (Å²) in [5, 5.41) is 0. The Kier molecular flexibility index (Phi) is 4.42. The van der Waals surface area contributed by atoms with Crippen LogP contribution in [0.2, 0.25) is 0 Å². The van der Waals surface area contributed by atoms with Gasteiger partial charge in [0.1, 0.15) is 11.3 Å². The van der Waals surface area contributed by atoms with Crippen LogP contribution in [-0.4, -0.2) is 47.9 Å². The minimum atomic E-state index is -6.93. The molecule has 1 aliphatic carbocycles. The lowest BCUT2D eigenvalue weighted by Gasteiger charge is -2.46. The molecule has 0 atom stereocenters. The number of hydrogen-bond donors (Lipinski definition) is 0. The zero-order valence-corrected chi connectivity index (χ0v) is 11.5. The van der Waals surface area contributed by atoms with Gasteiger partial charge in [0, 0.05) is 13.1 Å². The molecular formula is C11H10F11N. The van der Waals surface area contributed by atoms with Crippen molar-refractivity contribution in [1.82, 2.24) is 4.90 Å². The molecule has 23 heavy (non-hydrogen) atoms. The maximum absolute atomic E-state index is 13.7. The Morgan fingerprint density at radius 3 is 1.39 bits per heavy atom. The molecule has 1 nitrogen and oxygen atoms in total. The first kappa shape index (κ1) is 19.8. The van der Waals surface area contributed by atoms with Crippen LogP contribution in [0.4, 0.5) is 48.3 Å². The first-order chi connectivity index (χ1) is 10.0. The highest BCUT2D eigenvalue weighted by atomic mass is 19.4. The summed E-state index contributed by atoms with van der Waals surface area (Å²) in [5.74, 6) is -26.3. The van der Waals surface area contributed by atoms with Gasteiger partial charge in [-0.2, -0.15) is 48.3 Å². The standard InChI is InChI=1S/C11H10F11N/c1-3-23(4-2)6-5(9(16,17)18)7(12,13)10(19,20)11(21,22)8(6,14)15/h3-4H2,1-2H3. The third kappa shape index (κ3) is 2.35. The van der Waals surface area contributed by atoms with Crippen LogP contribution in [0.15, 0.2) is 11.3 Å². The predicted molar refractivity (Wildman–Crippen MR) is 55.8 cm³/mol. The van der Waals surface area contributed by atoms with Crippen molar-refractivity contribution >= 4 is 0 Å². The fourth-order valence-electron chi connectivity index (χ4n) is 2.21. The number of halogens is 11. The van der Waals surface area contributed by atoms with Gasteiger partial charge >= 0.3 is 29.9 Å². The average molecular weight is 365 g/mol. The second kappa shape index (κ2) is 5.13. The van der Waals surface area contributed by atoms with Gasteiger partial charge in [-0.25, -0.2) is 0 Å². The second-order valence-electron chi connectivity index (χ2n) is 4.69. The van der Waals surface area contributed by atoms with Crippen LogP contribution in [0.25, 0.3) is 0 Å². The summed E-state index contributed by atoms with van der Waals surface area (Å²) in [6.45, 7) is 0.227. The van der Waals surface area contributed by atoms with E-state index in [1.54, 1.807) is 0 Å². The summed E-state index contributed by atoms with van der Waals surface area (Å²) >= 11 is 0. The smallest absolute Gasteiger partial charge is 0.370 e. The molecule has 0 bridgehead atoms. The van der Waals surface area contributed by atoms with Crippen LogP contribution >= 0.6 is 0 Å². The topological polar surface area (TPSA) is 3.24 Å². The molecule has 136 valence electrons. The molecule has 1 aliphatic rings. The van der Waals surface area contributed by atoms with Crippen LogP contribution in [0.3, 0.4) is 0 Å². The van der Waals surface area contributed by atoms with Gasteiger partial charge in [0.2, 0.25) is 0 Å². The average Bonchev–Trinajstić information content (AvgIpc) is 2.35. The zero-order valence-electron chi connectivity index (χ0n) is 11.5. The first-order valence-electron chi connectivity index (χ1n) is 6.10. The van der Waals surface area contributed by atoms with Gasteiger partial charge < -0.3 is 4.90 Å². The molecular weight excluding hydrogens is 355 g/mol. The van der Waals surface area contributed by atoms with Crippen molar-refractivity contribution in [3.8, 4) is 0 Å². The fourth-order valence-corrected chi connectivity index (χ4v) is 2.21. The molecule has 0 N–H and O–H groups in total. The Labute approximate surface area is 122 Å². The van der Waals surface area contributed by atoms with Crippen molar-refractivity contribution < 1.29 is 48.3 Å². The Hall–Kier alpha value is -1.23. The maximum Gasteiger partial charge on any atom is 0.420 e. The summed E-state index contributed by atoms with van der Waals surface area (Å²) in [4.78, 5) is -0.139. The lowest BCUT2D eigenvalue weighted by molar-refractivity contribution is -0.371. The monoisotopic (exact) mass is 365 g/mol. The van der Waals surface area contributed by atoms with E-state index in [9.17, 15) is 48.3 Å². The molecule has 0 heterocycles. The second-order valence-corrected chi connectivity index (χ2v) is 4.69. The van der Waals surface area contributed by atoms with Crippen LogP contribution in [0, 0.1) is 0 Å². The van der Waals surface area contributed by atoms with Gasteiger partial charge in [0.05, 0.1) is 0 Å². The molecule has 1 rings (SSSR count). The van der Waals surface area contributed by atoms with E-state index in [-0.39, 0.29) is 4.90 Å². The molecule has 0 saturated carbocycles. The van der Waals surface area contributed by atoms with Crippen molar-refractivity contribution in [1.29, 1.82) is 0 Å². The van der Waals surface area contributed by atoms with E-state index in [1.165, 1.54) is 0 Å². The van der Waals surface area contributed by atoms with E-state index >= 15 is 0 Å². The highest BCUT2D eigenvalue weighted by molar-refractivity contribution is 5.41. The van der Waals surface area contributed by atoms with E-state index in [0.29, 0.717) is 0 Å². The van der Waals surface area contributed by atoms with E-state index in [0.717, 1.165) is 13.8 Å². The molecule has 0 fully saturated rings. The van der Waals surface area contributed by atoms with Crippen molar-refractivity contribution in [3.05, 3.63) is 11.3 Å². The van der Waals surface area contributed by atoms with Gasteiger partial charge in [-0.15, -0.1) is 0 Å². The normalized spacial score (nSPS) is 25.4. The van der Waals surface area contributed by atoms with Gasteiger partial charge in [-0.1, -0.05) is 0 Å². The summed E-state index contributed by atoms with van der Waals surface area (Å²) < 4.78 is 146. The third-order valence-electron chi connectivity index (χ3n) is 3.39. The first-order valence-corrected chi connectivity index (χ1v) is 6.10. The lowest BCUT2D eigenvalue weighted by Crippen LogP contribution is -2.70. The number of nitrogens with zero attached hydrogens (tertiary/aromatic N) is 1. The predicted octanol–water partition coefficient (Wildman–Crippen LogP) is 4.70. The minimum Gasteiger partial charge on any atom is -0.370 e. The van der Waals surface area contributed by atoms with Crippen LogP contribution in [-0.2, 0) is 0 Å². The Balaban J connectivity index is 4.01. The van der Waals surface area contributed by atoms with Gasteiger partial charge in [-0.3, -0.25) is 0 Å². The molecule has 0 spiro atoms. The van der Waals surface area contributed by atoms with Gasteiger partial charge in [0.25, 0.3) is 0 Å². The Morgan fingerprint density at radius 1 is 0.739 bits per heavy atom. The molecule has 0 aliphatic heterocycles. The molecule has 0 radical (unpaired) electrons. The van der Waals surface area contributed by atoms with Crippen molar-refractivity contribution in [2.45, 2.75) is 43.7 Å². The van der Waals surface area contributed by atoms with Gasteiger partial charge in [-0.05, 0) is 13.8 Å². The highest BCUT2D eigenvalue weighted by Gasteiger charge is 2.88. The quantitative estimate of drug-likeness (QED) is 0.656. The molecule has 0 aromatic rings. The maximum atomic E-state index is 13.7. The minimum absolute atomic E-state index is 0.139. The molecule has 0 unspecified atom stereocenters. The fraction of sp³-hybridized carbons (Fsp3) is 0.818. The Morgan fingerprint density at radius 2 is 1.09 bits per heavy atom. The van der Waals surface area contributed by atoms with Gasteiger partial charge in [0.15, 0.2) is 0 Å². The largest absolute Gasteiger partial charge is 0.420 e. The van der Waals surface area contributed by atoms with Crippen LogP contribution in [0.1, 0.15) is 13.8 Å². The molecule has 0 saturated heterocycles. The van der Waals surface area contributed by atoms with Crippen LogP contribution in [0.5, 0.6) is 0 Å². The molecule has 0 aromatic carbocycles. The summed E-state index contributed by atoms with van der Waals surface area (Å²) in [6, 6.07) is 0. The summed E-state index contributed by atoms with van der Waals surface area (Å²) in [5.41, 5.74) is -6.49. The van der Waals surface area contributed by atoms with E-state index in [4.69, 9.17) is 0 Å². The molecule has 0 amide bonds. The summed E-state index contributed by atoms with van der Waals surface area (Å²) in [6.07, 6.45) is -6.37. The summed E-state index contributed by atoms with van der Waals surface area (Å²) in [7, 11) is 0. The molecule has 12 heteroatoms.